The lowest BCUT2D eigenvalue weighted by Crippen LogP contribution is -2.14. The maximum absolute atomic E-state index is 11.5. The van der Waals surface area contributed by atoms with Gasteiger partial charge in [0.1, 0.15) is 0 Å². The summed E-state index contributed by atoms with van der Waals surface area (Å²) in [7, 11) is 1.45. The predicted octanol–water partition coefficient (Wildman–Crippen LogP) is 3.44. The second-order valence-electron chi connectivity index (χ2n) is 4.44. The standard InChI is InChI=1S/C13H18O2S/c1-3-4-9-5-6-10-11(13(14)15-2)8-16-12(10)7-9/h8-9H,3-7H2,1-2H3. The third kappa shape index (κ3) is 2.14. The van der Waals surface area contributed by atoms with Crippen molar-refractivity contribution in [3.05, 3.63) is 21.4 Å². The van der Waals surface area contributed by atoms with E-state index in [2.05, 4.69) is 6.92 Å². The van der Waals surface area contributed by atoms with Crippen molar-refractivity contribution in [1.82, 2.24) is 0 Å². The molecular formula is C13H18O2S. The number of ether oxygens (including phenoxy) is 1. The highest BCUT2D eigenvalue weighted by Crippen LogP contribution is 2.34. The predicted molar refractivity (Wildman–Crippen MR) is 66.1 cm³/mol. The van der Waals surface area contributed by atoms with Gasteiger partial charge in [-0.1, -0.05) is 19.8 Å². The maximum Gasteiger partial charge on any atom is 0.338 e. The molecule has 0 bridgehead atoms. The van der Waals surface area contributed by atoms with Gasteiger partial charge in [0.15, 0.2) is 0 Å². The molecule has 88 valence electrons. The van der Waals surface area contributed by atoms with Gasteiger partial charge in [-0.05, 0) is 30.7 Å². The molecule has 1 aliphatic carbocycles. The van der Waals surface area contributed by atoms with E-state index in [1.54, 1.807) is 11.3 Å². The summed E-state index contributed by atoms with van der Waals surface area (Å²) in [5, 5.41) is 1.96. The van der Waals surface area contributed by atoms with Gasteiger partial charge in [-0.2, -0.15) is 0 Å². The van der Waals surface area contributed by atoms with Crippen molar-refractivity contribution in [2.24, 2.45) is 5.92 Å². The lowest BCUT2D eigenvalue weighted by atomic mass is 9.85. The minimum atomic E-state index is -0.175. The first-order valence-electron chi connectivity index (χ1n) is 5.93. The van der Waals surface area contributed by atoms with Crippen molar-refractivity contribution >= 4 is 17.3 Å². The second-order valence-corrected chi connectivity index (χ2v) is 5.40. The Kier molecular flexibility index (Phi) is 3.64. The number of esters is 1. The van der Waals surface area contributed by atoms with Crippen LogP contribution in [0.2, 0.25) is 0 Å². The molecule has 0 spiro atoms. The fraction of sp³-hybridized carbons (Fsp3) is 0.615. The fourth-order valence-corrected chi connectivity index (χ4v) is 3.70. The molecule has 0 N–H and O–H groups in total. The van der Waals surface area contributed by atoms with Gasteiger partial charge < -0.3 is 4.74 Å². The van der Waals surface area contributed by atoms with Crippen molar-refractivity contribution in [3.8, 4) is 0 Å². The van der Waals surface area contributed by atoms with E-state index in [1.165, 1.54) is 36.8 Å². The summed E-state index contributed by atoms with van der Waals surface area (Å²) in [6.45, 7) is 2.24. The van der Waals surface area contributed by atoms with Gasteiger partial charge in [-0.15, -0.1) is 11.3 Å². The van der Waals surface area contributed by atoms with Crippen molar-refractivity contribution in [1.29, 1.82) is 0 Å². The zero-order valence-corrected chi connectivity index (χ0v) is 10.7. The van der Waals surface area contributed by atoms with E-state index in [4.69, 9.17) is 4.74 Å². The fourth-order valence-electron chi connectivity index (χ4n) is 2.52. The molecule has 2 nitrogen and oxygen atoms in total. The Morgan fingerprint density at radius 3 is 3.12 bits per heavy atom. The molecule has 1 aromatic rings. The van der Waals surface area contributed by atoms with E-state index in [0.717, 1.165) is 24.3 Å². The van der Waals surface area contributed by atoms with Crippen molar-refractivity contribution < 1.29 is 9.53 Å². The molecule has 0 aromatic carbocycles. The van der Waals surface area contributed by atoms with Crippen molar-refractivity contribution in [2.45, 2.75) is 39.0 Å². The Morgan fingerprint density at radius 1 is 1.62 bits per heavy atom. The number of carbonyl (C=O) groups is 1. The van der Waals surface area contributed by atoms with Crippen LogP contribution in [0.5, 0.6) is 0 Å². The van der Waals surface area contributed by atoms with E-state index >= 15 is 0 Å². The first-order valence-corrected chi connectivity index (χ1v) is 6.81. The molecule has 1 atom stereocenters. The smallest absolute Gasteiger partial charge is 0.338 e. The van der Waals surface area contributed by atoms with Crippen LogP contribution in [0.25, 0.3) is 0 Å². The average molecular weight is 238 g/mol. The monoisotopic (exact) mass is 238 g/mol. The van der Waals surface area contributed by atoms with Crippen LogP contribution in [-0.2, 0) is 17.6 Å². The molecule has 0 saturated carbocycles. The molecule has 1 aliphatic rings. The SMILES string of the molecule is CCCC1CCc2c(C(=O)OC)csc2C1. The summed E-state index contributed by atoms with van der Waals surface area (Å²) in [5.74, 6) is 0.646. The van der Waals surface area contributed by atoms with E-state index in [1.807, 2.05) is 5.38 Å². The van der Waals surface area contributed by atoms with Crippen molar-refractivity contribution in [3.63, 3.8) is 0 Å². The Labute approximate surface area is 101 Å². The van der Waals surface area contributed by atoms with Gasteiger partial charge in [0.25, 0.3) is 0 Å². The molecule has 0 saturated heterocycles. The minimum Gasteiger partial charge on any atom is -0.465 e. The minimum absolute atomic E-state index is 0.175. The second kappa shape index (κ2) is 5.00. The Morgan fingerprint density at radius 2 is 2.44 bits per heavy atom. The average Bonchev–Trinajstić information content (AvgIpc) is 2.71. The summed E-state index contributed by atoms with van der Waals surface area (Å²) in [6.07, 6.45) is 6.00. The van der Waals surface area contributed by atoms with Crippen LogP contribution in [0.3, 0.4) is 0 Å². The van der Waals surface area contributed by atoms with Gasteiger partial charge in [-0.3, -0.25) is 0 Å². The molecule has 16 heavy (non-hydrogen) atoms. The van der Waals surface area contributed by atoms with Crippen LogP contribution in [0.4, 0.5) is 0 Å². The van der Waals surface area contributed by atoms with E-state index in [0.29, 0.717) is 0 Å². The van der Waals surface area contributed by atoms with Crippen LogP contribution < -0.4 is 0 Å². The topological polar surface area (TPSA) is 26.3 Å². The highest BCUT2D eigenvalue weighted by atomic mass is 32.1. The van der Waals surface area contributed by atoms with Crippen LogP contribution in [0.1, 0.15) is 47.0 Å². The maximum atomic E-state index is 11.5. The zero-order valence-electron chi connectivity index (χ0n) is 9.91. The highest BCUT2D eigenvalue weighted by molar-refractivity contribution is 7.10. The molecule has 1 heterocycles. The Hall–Kier alpha value is -0.830. The summed E-state index contributed by atoms with van der Waals surface area (Å²) in [5.41, 5.74) is 2.06. The van der Waals surface area contributed by atoms with Crippen molar-refractivity contribution in [2.75, 3.05) is 7.11 Å². The number of rotatable bonds is 3. The van der Waals surface area contributed by atoms with Crippen LogP contribution in [-0.4, -0.2) is 13.1 Å². The molecule has 1 unspecified atom stereocenters. The van der Waals surface area contributed by atoms with Gasteiger partial charge in [0.05, 0.1) is 12.7 Å². The van der Waals surface area contributed by atoms with Gasteiger partial charge >= 0.3 is 5.97 Å². The Bertz CT molecular complexity index is 381. The molecule has 0 radical (unpaired) electrons. The van der Waals surface area contributed by atoms with Gasteiger partial charge in [0.2, 0.25) is 0 Å². The first kappa shape index (κ1) is 11.6. The molecule has 0 fully saturated rings. The lowest BCUT2D eigenvalue weighted by molar-refractivity contribution is 0.0599. The third-order valence-corrected chi connectivity index (χ3v) is 4.41. The summed E-state index contributed by atoms with van der Waals surface area (Å²) in [4.78, 5) is 12.9. The number of carbonyl (C=O) groups excluding carboxylic acids is 1. The molecular weight excluding hydrogens is 220 g/mol. The molecule has 1 aromatic heterocycles. The van der Waals surface area contributed by atoms with Crippen LogP contribution >= 0.6 is 11.3 Å². The lowest BCUT2D eigenvalue weighted by Gasteiger charge is -2.21. The molecule has 3 heteroatoms. The molecule has 2 rings (SSSR count). The van der Waals surface area contributed by atoms with Gasteiger partial charge in [-0.25, -0.2) is 4.79 Å². The van der Waals surface area contributed by atoms with E-state index in [-0.39, 0.29) is 5.97 Å². The quantitative estimate of drug-likeness (QED) is 0.754. The van der Waals surface area contributed by atoms with E-state index in [9.17, 15) is 4.79 Å². The molecule has 0 amide bonds. The Balaban J connectivity index is 2.17. The summed E-state index contributed by atoms with van der Waals surface area (Å²) in [6, 6.07) is 0. The summed E-state index contributed by atoms with van der Waals surface area (Å²) < 4.78 is 4.80. The largest absolute Gasteiger partial charge is 0.465 e. The number of methoxy groups -OCH3 is 1. The number of fused-ring (bicyclic) bond motifs is 1. The normalized spacial score (nSPS) is 19.2. The third-order valence-electron chi connectivity index (χ3n) is 3.36. The highest BCUT2D eigenvalue weighted by Gasteiger charge is 2.24. The number of thiophene rings is 1. The van der Waals surface area contributed by atoms with Gasteiger partial charge in [0, 0.05) is 10.3 Å². The van der Waals surface area contributed by atoms with E-state index < -0.39 is 0 Å². The zero-order chi connectivity index (χ0) is 11.5. The van der Waals surface area contributed by atoms with Crippen LogP contribution in [0, 0.1) is 5.92 Å². The number of hydrogen-bond donors (Lipinski definition) is 0. The van der Waals surface area contributed by atoms with Crippen LogP contribution in [0.15, 0.2) is 5.38 Å². The summed E-state index contributed by atoms with van der Waals surface area (Å²) >= 11 is 1.72. The first-order chi connectivity index (χ1) is 7.76. The molecule has 0 aliphatic heterocycles. The number of hydrogen-bond acceptors (Lipinski definition) is 3.